The zero-order valence-electron chi connectivity index (χ0n) is 10.2. The standard InChI is InChI=1S/C12H17N3O3/c1-8-7-14(4-5-15(8)12(17)18)9-2-3-10(13)11(16)6-9/h2-3,6,8,16H,4-5,7,13H2,1H3,(H,17,18)/t8-/m1/s1. The van der Waals surface area contributed by atoms with Crippen molar-refractivity contribution < 1.29 is 15.0 Å². The van der Waals surface area contributed by atoms with Gasteiger partial charge in [0.05, 0.1) is 5.69 Å². The normalized spacial score (nSPS) is 19.9. The number of carboxylic acid groups (broad SMARTS) is 1. The molecule has 2 rings (SSSR count). The molecular formula is C12H17N3O3. The van der Waals surface area contributed by atoms with Crippen LogP contribution < -0.4 is 10.6 Å². The molecule has 1 heterocycles. The van der Waals surface area contributed by atoms with Crippen LogP contribution in [0.15, 0.2) is 18.2 Å². The molecule has 1 aliphatic rings. The number of hydrogen-bond acceptors (Lipinski definition) is 4. The number of anilines is 2. The number of aromatic hydroxyl groups is 1. The maximum Gasteiger partial charge on any atom is 0.407 e. The largest absolute Gasteiger partial charge is 0.506 e. The molecule has 1 amide bonds. The molecule has 0 spiro atoms. The van der Waals surface area contributed by atoms with Crippen molar-refractivity contribution in [3.63, 3.8) is 0 Å². The lowest BCUT2D eigenvalue weighted by Gasteiger charge is -2.39. The van der Waals surface area contributed by atoms with Gasteiger partial charge in [-0.05, 0) is 19.1 Å². The van der Waals surface area contributed by atoms with Crippen LogP contribution in [0.5, 0.6) is 5.75 Å². The van der Waals surface area contributed by atoms with E-state index in [1.807, 2.05) is 17.9 Å². The Kier molecular flexibility index (Phi) is 3.18. The number of benzene rings is 1. The molecule has 1 aromatic rings. The summed E-state index contributed by atoms with van der Waals surface area (Å²) >= 11 is 0. The summed E-state index contributed by atoms with van der Waals surface area (Å²) in [6, 6.07) is 5.02. The second-order valence-corrected chi connectivity index (χ2v) is 4.51. The summed E-state index contributed by atoms with van der Waals surface area (Å²) in [6.07, 6.45) is -0.887. The van der Waals surface area contributed by atoms with E-state index in [-0.39, 0.29) is 11.8 Å². The second kappa shape index (κ2) is 4.64. The molecule has 0 saturated carbocycles. The lowest BCUT2D eigenvalue weighted by molar-refractivity contribution is 0.122. The number of nitrogens with two attached hydrogens (primary N) is 1. The van der Waals surface area contributed by atoms with Gasteiger partial charge in [-0.1, -0.05) is 0 Å². The monoisotopic (exact) mass is 251 g/mol. The molecule has 1 fully saturated rings. The first-order valence-corrected chi connectivity index (χ1v) is 5.82. The summed E-state index contributed by atoms with van der Waals surface area (Å²) in [5, 5.41) is 18.6. The molecule has 0 aromatic heterocycles. The van der Waals surface area contributed by atoms with Gasteiger partial charge in [0, 0.05) is 37.4 Å². The van der Waals surface area contributed by atoms with Crippen molar-refractivity contribution >= 4 is 17.5 Å². The zero-order valence-corrected chi connectivity index (χ0v) is 10.2. The molecule has 4 N–H and O–H groups in total. The van der Waals surface area contributed by atoms with Crippen molar-refractivity contribution in [2.75, 3.05) is 30.3 Å². The van der Waals surface area contributed by atoms with Gasteiger partial charge in [0.2, 0.25) is 0 Å². The third kappa shape index (κ3) is 2.27. The molecule has 0 bridgehead atoms. The lowest BCUT2D eigenvalue weighted by atomic mass is 10.1. The highest BCUT2D eigenvalue weighted by molar-refractivity contribution is 5.67. The van der Waals surface area contributed by atoms with E-state index >= 15 is 0 Å². The Labute approximate surface area is 105 Å². The molecule has 0 radical (unpaired) electrons. The lowest BCUT2D eigenvalue weighted by Crippen LogP contribution is -2.53. The number of nitrogen functional groups attached to an aromatic ring is 1. The Morgan fingerprint density at radius 3 is 2.72 bits per heavy atom. The molecular weight excluding hydrogens is 234 g/mol. The zero-order chi connectivity index (χ0) is 13.3. The van der Waals surface area contributed by atoms with Crippen LogP contribution in [-0.4, -0.2) is 46.9 Å². The van der Waals surface area contributed by atoms with Gasteiger partial charge in [0.25, 0.3) is 0 Å². The first-order valence-electron chi connectivity index (χ1n) is 5.82. The van der Waals surface area contributed by atoms with Crippen LogP contribution >= 0.6 is 0 Å². The fraction of sp³-hybridized carbons (Fsp3) is 0.417. The summed E-state index contributed by atoms with van der Waals surface area (Å²) in [6.45, 7) is 3.55. The van der Waals surface area contributed by atoms with Crippen molar-refractivity contribution in [2.45, 2.75) is 13.0 Å². The van der Waals surface area contributed by atoms with E-state index in [0.29, 0.717) is 25.3 Å². The van der Waals surface area contributed by atoms with E-state index in [0.717, 1.165) is 5.69 Å². The third-order valence-corrected chi connectivity index (χ3v) is 3.25. The van der Waals surface area contributed by atoms with E-state index in [1.165, 1.54) is 4.90 Å². The predicted molar refractivity (Wildman–Crippen MR) is 68.9 cm³/mol. The number of phenolic OH excluding ortho intramolecular Hbond substituents is 1. The maximum atomic E-state index is 11.0. The first kappa shape index (κ1) is 12.3. The van der Waals surface area contributed by atoms with E-state index in [4.69, 9.17) is 10.8 Å². The van der Waals surface area contributed by atoms with Gasteiger partial charge >= 0.3 is 6.09 Å². The van der Waals surface area contributed by atoms with Gasteiger partial charge in [-0.15, -0.1) is 0 Å². The number of carbonyl (C=O) groups is 1. The van der Waals surface area contributed by atoms with Crippen LogP contribution in [0.4, 0.5) is 16.2 Å². The summed E-state index contributed by atoms with van der Waals surface area (Å²) in [7, 11) is 0. The highest BCUT2D eigenvalue weighted by atomic mass is 16.4. The summed E-state index contributed by atoms with van der Waals surface area (Å²) in [5.74, 6) is 0.0563. The van der Waals surface area contributed by atoms with Crippen molar-refractivity contribution in [3.05, 3.63) is 18.2 Å². The smallest absolute Gasteiger partial charge is 0.407 e. The number of piperazine rings is 1. The highest BCUT2D eigenvalue weighted by Crippen LogP contribution is 2.27. The average molecular weight is 251 g/mol. The number of amides is 1. The van der Waals surface area contributed by atoms with E-state index in [2.05, 4.69) is 0 Å². The van der Waals surface area contributed by atoms with Crippen molar-refractivity contribution in [1.82, 2.24) is 4.90 Å². The Bertz CT molecular complexity index is 464. The maximum absolute atomic E-state index is 11.0. The second-order valence-electron chi connectivity index (χ2n) is 4.51. The fourth-order valence-corrected chi connectivity index (χ4v) is 2.21. The average Bonchev–Trinajstić information content (AvgIpc) is 2.32. The molecule has 1 aliphatic heterocycles. The molecule has 18 heavy (non-hydrogen) atoms. The quantitative estimate of drug-likeness (QED) is 0.515. The van der Waals surface area contributed by atoms with Gasteiger partial charge in [0.1, 0.15) is 5.75 Å². The van der Waals surface area contributed by atoms with Crippen molar-refractivity contribution in [2.24, 2.45) is 0 Å². The van der Waals surface area contributed by atoms with E-state index < -0.39 is 6.09 Å². The summed E-state index contributed by atoms with van der Waals surface area (Å²) < 4.78 is 0. The molecule has 1 saturated heterocycles. The molecule has 98 valence electrons. The molecule has 6 nitrogen and oxygen atoms in total. The molecule has 0 unspecified atom stereocenters. The van der Waals surface area contributed by atoms with Crippen LogP contribution in [0.25, 0.3) is 0 Å². The Morgan fingerprint density at radius 2 is 2.17 bits per heavy atom. The van der Waals surface area contributed by atoms with E-state index in [1.54, 1.807) is 12.1 Å². The van der Waals surface area contributed by atoms with Crippen molar-refractivity contribution in [3.8, 4) is 5.75 Å². The highest BCUT2D eigenvalue weighted by Gasteiger charge is 2.27. The minimum absolute atomic E-state index is 0.0563. The molecule has 6 heteroatoms. The van der Waals surface area contributed by atoms with Gasteiger partial charge in [-0.2, -0.15) is 0 Å². The minimum Gasteiger partial charge on any atom is -0.506 e. The van der Waals surface area contributed by atoms with Crippen LogP contribution in [0.1, 0.15) is 6.92 Å². The van der Waals surface area contributed by atoms with Gasteiger partial charge in [0.15, 0.2) is 0 Å². The third-order valence-electron chi connectivity index (χ3n) is 3.25. The van der Waals surface area contributed by atoms with Gasteiger partial charge in [-0.25, -0.2) is 4.79 Å². The van der Waals surface area contributed by atoms with Crippen LogP contribution in [0.3, 0.4) is 0 Å². The Balaban J connectivity index is 2.12. The number of nitrogens with zero attached hydrogens (tertiary/aromatic N) is 2. The SMILES string of the molecule is C[C@@H]1CN(c2ccc(N)c(O)c2)CCN1C(=O)O. The molecule has 1 aromatic carbocycles. The fourth-order valence-electron chi connectivity index (χ4n) is 2.21. The van der Waals surface area contributed by atoms with Crippen LogP contribution in [0.2, 0.25) is 0 Å². The molecule has 1 atom stereocenters. The van der Waals surface area contributed by atoms with Crippen LogP contribution in [0, 0.1) is 0 Å². The topological polar surface area (TPSA) is 90.0 Å². The predicted octanol–water partition coefficient (Wildman–Crippen LogP) is 1.16. The Morgan fingerprint density at radius 1 is 1.44 bits per heavy atom. The number of phenols is 1. The molecule has 0 aliphatic carbocycles. The first-order chi connectivity index (χ1) is 8.49. The van der Waals surface area contributed by atoms with Gasteiger partial charge in [-0.3, -0.25) is 0 Å². The minimum atomic E-state index is -0.887. The number of rotatable bonds is 1. The Hall–Kier alpha value is -2.11. The summed E-state index contributed by atoms with van der Waals surface area (Å²) in [5.41, 5.74) is 6.76. The van der Waals surface area contributed by atoms with E-state index in [9.17, 15) is 9.90 Å². The number of hydrogen-bond donors (Lipinski definition) is 3. The summed E-state index contributed by atoms with van der Waals surface area (Å²) in [4.78, 5) is 14.4. The van der Waals surface area contributed by atoms with Crippen molar-refractivity contribution in [1.29, 1.82) is 0 Å². The van der Waals surface area contributed by atoms with Gasteiger partial charge < -0.3 is 25.7 Å². The van der Waals surface area contributed by atoms with Crippen LogP contribution in [-0.2, 0) is 0 Å².